The molecule has 1 aromatic rings. The second-order valence-corrected chi connectivity index (χ2v) is 7.45. The molecule has 2 rings (SSSR count). The van der Waals surface area contributed by atoms with Gasteiger partial charge in [0.1, 0.15) is 5.75 Å². The fraction of sp³-hybridized carbons (Fsp3) is 0.579. The molecule has 0 bridgehead atoms. The van der Waals surface area contributed by atoms with E-state index < -0.39 is 5.97 Å². The van der Waals surface area contributed by atoms with E-state index in [0.717, 1.165) is 31.5 Å². The third kappa shape index (κ3) is 6.24. The van der Waals surface area contributed by atoms with Crippen molar-refractivity contribution in [3.63, 3.8) is 0 Å². The fourth-order valence-electron chi connectivity index (χ4n) is 3.39. The van der Waals surface area contributed by atoms with Crippen molar-refractivity contribution in [2.75, 3.05) is 39.1 Å². The van der Waals surface area contributed by atoms with Crippen LogP contribution in [0.1, 0.15) is 25.3 Å². The molecule has 9 heteroatoms. The maximum absolute atomic E-state index is 12.7. The highest BCUT2D eigenvalue weighted by atomic mass is 35.5. The normalized spacial score (nSPS) is 16.4. The molecule has 2 N–H and O–H groups in total. The van der Waals surface area contributed by atoms with E-state index in [4.69, 9.17) is 21.4 Å². The van der Waals surface area contributed by atoms with Gasteiger partial charge in [0, 0.05) is 30.2 Å². The topological polar surface area (TPSA) is 82.1 Å². The fourth-order valence-corrected chi connectivity index (χ4v) is 3.54. The highest BCUT2D eigenvalue weighted by molar-refractivity contribution is 6.31. The van der Waals surface area contributed by atoms with Crippen LogP contribution in [0.4, 0.5) is 5.69 Å². The van der Waals surface area contributed by atoms with Crippen molar-refractivity contribution in [2.24, 2.45) is 0 Å². The molecule has 1 aromatic carbocycles. The SMILES string of the molecule is COc1cc(Cl)c(C)cc1NC(=O)C(C)N1CCC(N(C)CC(=O)O)CC1.Cl. The number of anilines is 1. The Morgan fingerprint density at radius 3 is 2.54 bits per heavy atom. The highest BCUT2D eigenvalue weighted by Crippen LogP contribution is 2.31. The van der Waals surface area contributed by atoms with E-state index in [1.165, 1.54) is 0 Å². The van der Waals surface area contributed by atoms with E-state index in [2.05, 4.69) is 10.2 Å². The molecule has 7 nitrogen and oxygen atoms in total. The number of likely N-dealkylation sites (tertiary alicyclic amines) is 1. The summed E-state index contributed by atoms with van der Waals surface area (Å²) in [6.07, 6.45) is 1.68. The summed E-state index contributed by atoms with van der Waals surface area (Å²) in [5.74, 6) is -0.396. The maximum Gasteiger partial charge on any atom is 0.317 e. The average Bonchev–Trinajstić information content (AvgIpc) is 2.63. The van der Waals surface area contributed by atoms with E-state index >= 15 is 0 Å². The van der Waals surface area contributed by atoms with Crippen molar-refractivity contribution in [1.82, 2.24) is 9.80 Å². The third-order valence-electron chi connectivity index (χ3n) is 5.17. The van der Waals surface area contributed by atoms with Crippen LogP contribution in [0, 0.1) is 6.92 Å². The Morgan fingerprint density at radius 2 is 2.00 bits per heavy atom. The van der Waals surface area contributed by atoms with Crippen LogP contribution in [0.5, 0.6) is 5.75 Å². The van der Waals surface area contributed by atoms with Gasteiger partial charge in [-0.1, -0.05) is 11.6 Å². The quantitative estimate of drug-likeness (QED) is 0.687. The predicted molar refractivity (Wildman–Crippen MR) is 113 cm³/mol. The summed E-state index contributed by atoms with van der Waals surface area (Å²) in [4.78, 5) is 27.6. The van der Waals surface area contributed by atoms with Gasteiger partial charge in [0.15, 0.2) is 0 Å². The third-order valence-corrected chi connectivity index (χ3v) is 5.58. The van der Waals surface area contributed by atoms with Crippen molar-refractivity contribution in [3.8, 4) is 5.75 Å². The second-order valence-electron chi connectivity index (χ2n) is 7.04. The Kier molecular flexibility index (Phi) is 9.50. The number of carboxylic acid groups (broad SMARTS) is 1. The monoisotopic (exact) mass is 433 g/mol. The van der Waals surface area contributed by atoms with Gasteiger partial charge in [0.05, 0.1) is 25.4 Å². The first kappa shape index (κ1) is 24.5. The molecule has 0 spiro atoms. The smallest absolute Gasteiger partial charge is 0.317 e. The standard InChI is InChI=1S/C19H28ClN3O4.ClH/c1-12-9-16(17(27-4)10-15(12)20)21-19(26)13(2)23-7-5-14(6-8-23)22(3)11-18(24)25;/h9-10,13-14H,5-8,11H2,1-4H3,(H,21,26)(H,24,25);1H. The number of aryl methyl sites for hydroxylation is 1. The Balaban J connectivity index is 0.00000392. The molecule has 158 valence electrons. The number of carbonyl (C=O) groups is 2. The predicted octanol–water partition coefficient (Wildman–Crippen LogP) is 2.89. The lowest BCUT2D eigenvalue weighted by molar-refractivity contribution is -0.138. The molecule has 0 saturated carbocycles. The molecule has 1 atom stereocenters. The first-order valence-corrected chi connectivity index (χ1v) is 9.41. The molecular weight excluding hydrogens is 405 g/mol. The van der Waals surface area contributed by atoms with Crippen molar-refractivity contribution in [2.45, 2.75) is 38.8 Å². The number of nitrogens with one attached hydrogen (secondary N) is 1. The number of methoxy groups -OCH3 is 1. The first-order chi connectivity index (χ1) is 12.7. The molecule has 0 aromatic heterocycles. The van der Waals surface area contributed by atoms with Crippen LogP contribution in [-0.4, -0.2) is 72.7 Å². The molecule has 1 aliphatic rings. The van der Waals surface area contributed by atoms with Crippen molar-refractivity contribution >= 4 is 41.6 Å². The number of likely N-dealkylation sites (N-methyl/N-ethyl adjacent to an activating group) is 1. The van der Waals surface area contributed by atoms with E-state index in [9.17, 15) is 9.59 Å². The van der Waals surface area contributed by atoms with Crippen LogP contribution < -0.4 is 10.1 Å². The lowest BCUT2D eigenvalue weighted by Crippen LogP contribution is -2.50. The van der Waals surface area contributed by atoms with E-state index in [0.29, 0.717) is 16.5 Å². The summed E-state index contributed by atoms with van der Waals surface area (Å²) in [5.41, 5.74) is 1.47. The Morgan fingerprint density at radius 1 is 1.39 bits per heavy atom. The van der Waals surface area contributed by atoms with Gasteiger partial charge in [-0.05, 0) is 45.4 Å². The molecule has 1 amide bonds. The number of piperidine rings is 1. The van der Waals surface area contributed by atoms with E-state index in [1.54, 1.807) is 19.2 Å². The number of benzene rings is 1. The number of amides is 1. The lowest BCUT2D eigenvalue weighted by Gasteiger charge is -2.38. The summed E-state index contributed by atoms with van der Waals surface area (Å²) in [6.45, 7) is 5.29. The van der Waals surface area contributed by atoms with Gasteiger partial charge in [-0.2, -0.15) is 0 Å². The second kappa shape index (κ2) is 10.9. The summed E-state index contributed by atoms with van der Waals surface area (Å²) in [7, 11) is 3.37. The number of carboxylic acids is 1. The minimum Gasteiger partial charge on any atom is -0.495 e. The molecule has 0 radical (unpaired) electrons. The van der Waals surface area contributed by atoms with E-state index in [-0.39, 0.29) is 36.9 Å². The van der Waals surface area contributed by atoms with Gasteiger partial charge >= 0.3 is 5.97 Å². The molecule has 1 fully saturated rings. The maximum atomic E-state index is 12.7. The summed E-state index contributed by atoms with van der Waals surface area (Å²) < 4.78 is 5.31. The van der Waals surface area contributed by atoms with Crippen LogP contribution in [0.25, 0.3) is 0 Å². The van der Waals surface area contributed by atoms with E-state index in [1.807, 2.05) is 25.8 Å². The van der Waals surface area contributed by atoms with Crippen LogP contribution in [0.3, 0.4) is 0 Å². The van der Waals surface area contributed by atoms with Crippen molar-refractivity contribution in [1.29, 1.82) is 0 Å². The van der Waals surface area contributed by atoms with Gasteiger partial charge < -0.3 is 15.2 Å². The van der Waals surface area contributed by atoms with Gasteiger partial charge in [-0.3, -0.25) is 19.4 Å². The number of nitrogens with zero attached hydrogens (tertiary/aromatic N) is 2. The zero-order valence-electron chi connectivity index (χ0n) is 16.7. The molecule has 0 aliphatic carbocycles. The number of halogens is 2. The number of ether oxygens (including phenoxy) is 1. The van der Waals surface area contributed by atoms with Gasteiger partial charge in [0.25, 0.3) is 0 Å². The van der Waals surface area contributed by atoms with Gasteiger partial charge in [-0.25, -0.2) is 0 Å². The molecule has 1 heterocycles. The highest BCUT2D eigenvalue weighted by Gasteiger charge is 2.29. The molecule has 1 unspecified atom stereocenters. The zero-order chi connectivity index (χ0) is 20.1. The Bertz CT molecular complexity index is 694. The lowest BCUT2D eigenvalue weighted by atomic mass is 10.0. The summed E-state index contributed by atoms with van der Waals surface area (Å²) in [6, 6.07) is 3.43. The Labute approximate surface area is 177 Å². The van der Waals surface area contributed by atoms with Crippen molar-refractivity contribution < 1.29 is 19.4 Å². The van der Waals surface area contributed by atoms with Crippen LogP contribution >= 0.6 is 24.0 Å². The zero-order valence-corrected chi connectivity index (χ0v) is 18.3. The average molecular weight is 434 g/mol. The summed E-state index contributed by atoms with van der Waals surface area (Å²) in [5, 5.41) is 12.4. The minimum absolute atomic E-state index is 0. The molecule has 1 aliphatic heterocycles. The number of aliphatic carboxylic acids is 1. The van der Waals surface area contributed by atoms with Crippen LogP contribution in [0.2, 0.25) is 5.02 Å². The summed E-state index contributed by atoms with van der Waals surface area (Å²) >= 11 is 6.11. The number of carbonyl (C=O) groups excluding carboxylic acids is 1. The number of hydrogen-bond acceptors (Lipinski definition) is 5. The Hall–Kier alpha value is -1.54. The first-order valence-electron chi connectivity index (χ1n) is 9.04. The number of rotatable bonds is 7. The van der Waals surface area contributed by atoms with Gasteiger partial charge in [-0.15, -0.1) is 12.4 Å². The molecule has 1 saturated heterocycles. The van der Waals surface area contributed by atoms with Gasteiger partial charge in [0.2, 0.25) is 5.91 Å². The van der Waals surface area contributed by atoms with Crippen LogP contribution in [0.15, 0.2) is 12.1 Å². The molecular formula is C19H29Cl2N3O4. The largest absolute Gasteiger partial charge is 0.495 e. The van der Waals surface area contributed by atoms with Crippen LogP contribution in [-0.2, 0) is 9.59 Å². The molecule has 28 heavy (non-hydrogen) atoms. The minimum atomic E-state index is -0.820. The van der Waals surface area contributed by atoms with Crippen molar-refractivity contribution in [3.05, 3.63) is 22.7 Å². The number of hydrogen-bond donors (Lipinski definition) is 2.